The van der Waals surface area contributed by atoms with Crippen molar-refractivity contribution in [2.75, 3.05) is 16.0 Å². The van der Waals surface area contributed by atoms with Gasteiger partial charge >= 0.3 is 0 Å². The van der Waals surface area contributed by atoms with Crippen molar-refractivity contribution in [2.45, 2.75) is 6.29 Å². The average Bonchev–Trinajstić information content (AvgIpc) is 2.93. The van der Waals surface area contributed by atoms with Gasteiger partial charge in [0, 0.05) is 5.39 Å². The third-order valence-corrected chi connectivity index (χ3v) is 3.50. The summed E-state index contributed by atoms with van der Waals surface area (Å²) in [6, 6.07) is 15.3. The Morgan fingerprint density at radius 2 is 1.52 bits per heavy atom. The first-order chi connectivity index (χ1) is 10.3. The van der Waals surface area contributed by atoms with Gasteiger partial charge in [-0.2, -0.15) is 5.10 Å². The Morgan fingerprint density at radius 1 is 0.905 bits per heavy atom. The number of para-hydroxylation sites is 2. The van der Waals surface area contributed by atoms with Crippen molar-refractivity contribution in [3.05, 3.63) is 58.9 Å². The molecule has 4 N–H and O–H groups in total. The lowest BCUT2D eigenvalue weighted by atomic mass is 10.2. The molecule has 0 bridgehead atoms. The Bertz CT molecular complexity index is 848. The summed E-state index contributed by atoms with van der Waals surface area (Å²) in [4.78, 5) is 11.8. The minimum atomic E-state index is -0.188. The van der Waals surface area contributed by atoms with Crippen LogP contribution in [0.3, 0.4) is 0 Å². The second-order valence-electron chi connectivity index (χ2n) is 4.86. The summed E-state index contributed by atoms with van der Waals surface area (Å²) in [5.74, 6) is 0.628. The summed E-state index contributed by atoms with van der Waals surface area (Å²) < 4.78 is 0. The van der Waals surface area contributed by atoms with E-state index in [0.717, 1.165) is 16.8 Å². The van der Waals surface area contributed by atoms with Crippen molar-refractivity contribution < 1.29 is 0 Å². The van der Waals surface area contributed by atoms with Crippen LogP contribution >= 0.6 is 0 Å². The maximum atomic E-state index is 11.8. The normalized spacial score (nSPS) is 13.5. The highest BCUT2D eigenvalue weighted by molar-refractivity contribution is 5.91. The summed E-state index contributed by atoms with van der Waals surface area (Å²) >= 11 is 0. The van der Waals surface area contributed by atoms with E-state index in [1.54, 1.807) is 6.07 Å². The maximum absolute atomic E-state index is 11.8. The molecule has 1 aliphatic rings. The van der Waals surface area contributed by atoms with Crippen LogP contribution in [0.4, 0.5) is 17.2 Å². The van der Waals surface area contributed by atoms with Gasteiger partial charge in [-0.15, -0.1) is 0 Å². The van der Waals surface area contributed by atoms with Gasteiger partial charge < -0.3 is 16.0 Å². The van der Waals surface area contributed by atoms with Gasteiger partial charge in [-0.3, -0.25) is 4.79 Å². The van der Waals surface area contributed by atoms with Gasteiger partial charge in [0.15, 0.2) is 12.1 Å². The SMILES string of the molecule is O=c1[nH]nc(NC2Nc3ccccc3N2)c2ccccc12. The van der Waals surface area contributed by atoms with Crippen LogP contribution in [0.5, 0.6) is 0 Å². The first kappa shape index (κ1) is 11.8. The summed E-state index contributed by atoms with van der Waals surface area (Å²) in [5.41, 5.74) is 1.87. The van der Waals surface area contributed by atoms with Crippen LogP contribution in [0.15, 0.2) is 53.3 Å². The van der Waals surface area contributed by atoms with Crippen LogP contribution in [0.25, 0.3) is 10.8 Å². The molecule has 6 nitrogen and oxygen atoms in total. The molecule has 3 aromatic rings. The molecule has 0 fully saturated rings. The molecule has 21 heavy (non-hydrogen) atoms. The van der Waals surface area contributed by atoms with E-state index in [9.17, 15) is 4.79 Å². The van der Waals surface area contributed by atoms with E-state index in [1.807, 2.05) is 42.5 Å². The number of benzene rings is 2. The zero-order chi connectivity index (χ0) is 14.2. The molecule has 0 atom stereocenters. The van der Waals surface area contributed by atoms with Crippen LogP contribution in [-0.2, 0) is 0 Å². The lowest BCUT2D eigenvalue weighted by Crippen LogP contribution is -2.32. The number of rotatable bonds is 2. The van der Waals surface area contributed by atoms with Gasteiger partial charge in [-0.25, -0.2) is 5.10 Å². The van der Waals surface area contributed by atoms with Crippen molar-refractivity contribution in [1.29, 1.82) is 0 Å². The highest BCUT2D eigenvalue weighted by Gasteiger charge is 2.19. The summed E-state index contributed by atoms with van der Waals surface area (Å²) in [7, 11) is 0. The van der Waals surface area contributed by atoms with Gasteiger partial charge in [0.2, 0.25) is 0 Å². The van der Waals surface area contributed by atoms with Crippen LogP contribution in [0.2, 0.25) is 0 Å². The third-order valence-electron chi connectivity index (χ3n) is 3.50. The minimum absolute atomic E-state index is 0.177. The standard InChI is InChI=1S/C15H13N5O/c21-14-10-6-2-1-5-9(10)13(19-20-14)18-15-16-11-7-3-4-8-12(11)17-15/h1-8,15-17H,(H,18,19)(H,20,21). The first-order valence-electron chi connectivity index (χ1n) is 6.67. The lowest BCUT2D eigenvalue weighted by Gasteiger charge is -2.16. The molecule has 4 rings (SSSR count). The van der Waals surface area contributed by atoms with E-state index in [4.69, 9.17) is 0 Å². The van der Waals surface area contributed by atoms with Gasteiger partial charge in [0.25, 0.3) is 5.56 Å². The monoisotopic (exact) mass is 279 g/mol. The van der Waals surface area contributed by atoms with Gasteiger partial charge in [-0.1, -0.05) is 30.3 Å². The Balaban J connectivity index is 1.68. The van der Waals surface area contributed by atoms with Gasteiger partial charge in [0.05, 0.1) is 16.8 Å². The molecule has 6 heteroatoms. The van der Waals surface area contributed by atoms with E-state index in [-0.39, 0.29) is 11.8 Å². The molecule has 0 radical (unpaired) electrons. The molecule has 0 unspecified atom stereocenters. The molecule has 0 amide bonds. The number of aromatic nitrogens is 2. The van der Waals surface area contributed by atoms with Crippen molar-refractivity contribution in [2.24, 2.45) is 0 Å². The molecular weight excluding hydrogens is 266 g/mol. The highest BCUT2D eigenvalue weighted by Crippen LogP contribution is 2.28. The van der Waals surface area contributed by atoms with Crippen LogP contribution in [0.1, 0.15) is 0 Å². The molecule has 104 valence electrons. The molecule has 1 aliphatic heterocycles. The maximum Gasteiger partial charge on any atom is 0.272 e. The molecular formula is C15H13N5O. The van der Waals surface area contributed by atoms with Crippen molar-refractivity contribution in [3.63, 3.8) is 0 Å². The number of hydrogen-bond acceptors (Lipinski definition) is 5. The minimum Gasteiger partial charge on any atom is -0.347 e. The molecule has 0 saturated carbocycles. The highest BCUT2D eigenvalue weighted by atomic mass is 16.1. The van der Waals surface area contributed by atoms with Crippen molar-refractivity contribution in [1.82, 2.24) is 10.2 Å². The molecule has 1 aromatic heterocycles. The smallest absolute Gasteiger partial charge is 0.272 e. The zero-order valence-electron chi connectivity index (χ0n) is 11.1. The number of nitrogens with one attached hydrogen (secondary N) is 4. The summed E-state index contributed by atoms with van der Waals surface area (Å²) in [6.45, 7) is 0. The van der Waals surface area contributed by atoms with E-state index < -0.39 is 0 Å². The second kappa shape index (κ2) is 4.52. The third kappa shape index (κ3) is 1.97. The fraction of sp³-hybridized carbons (Fsp3) is 0.0667. The topological polar surface area (TPSA) is 81.8 Å². The summed E-state index contributed by atoms with van der Waals surface area (Å²) in [6.07, 6.45) is -0.177. The predicted molar refractivity (Wildman–Crippen MR) is 83.5 cm³/mol. The van der Waals surface area contributed by atoms with E-state index in [2.05, 4.69) is 26.1 Å². The lowest BCUT2D eigenvalue weighted by molar-refractivity contribution is 0.927. The fourth-order valence-corrected chi connectivity index (χ4v) is 2.52. The molecule has 2 heterocycles. The number of H-pyrrole nitrogens is 1. The van der Waals surface area contributed by atoms with E-state index in [1.165, 1.54) is 0 Å². The number of hydrogen-bond donors (Lipinski definition) is 4. The number of nitrogens with zero attached hydrogens (tertiary/aromatic N) is 1. The quantitative estimate of drug-likeness (QED) is 0.578. The number of fused-ring (bicyclic) bond motifs is 2. The van der Waals surface area contributed by atoms with E-state index >= 15 is 0 Å². The first-order valence-corrected chi connectivity index (χ1v) is 6.67. The van der Waals surface area contributed by atoms with Gasteiger partial charge in [-0.05, 0) is 18.2 Å². The second-order valence-corrected chi connectivity index (χ2v) is 4.86. The Hall–Kier alpha value is -3.02. The molecule has 2 aromatic carbocycles. The predicted octanol–water partition coefficient (Wildman–Crippen LogP) is 2.16. The van der Waals surface area contributed by atoms with Crippen LogP contribution in [-0.4, -0.2) is 16.5 Å². The Morgan fingerprint density at radius 3 is 2.24 bits per heavy atom. The largest absolute Gasteiger partial charge is 0.347 e. The van der Waals surface area contributed by atoms with Gasteiger partial charge in [0.1, 0.15) is 0 Å². The molecule has 0 aliphatic carbocycles. The fourth-order valence-electron chi connectivity index (χ4n) is 2.52. The van der Waals surface area contributed by atoms with E-state index in [0.29, 0.717) is 11.2 Å². The average molecular weight is 279 g/mol. The Labute approximate surface area is 120 Å². The Kier molecular flexibility index (Phi) is 2.53. The van der Waals surface area contributed by atoms with Crippen LogP contribution < -0.4 is 21.5 Å². The molecule has 0 spiro atoms. The van der Waals surface area contributed by atoms with Crippen LogP contribution in [0, 0.1) is 0 Å². The summed E-state index contributed by atoms with van der Waals surface area (Å²) in [5, 5.41) is 17.9. The van der Waals surface area contributed by atoms with Crippen molar-refractivity contribution in [3.8, 4) is 0 Å². The zero-order valence-corrected chi connectivity index (χ0v) is 11.1. The van der Waals surface area contributed by atoms with Crippen molar-refractivity contribution >= 4 is 28.0 Å². The number of anilines is 3. The number of aromatic amines is 1. The molecule has 0 saturated heterocycles.